The van der Waals surface area contributed by atoms with Crippen LogP contribution in [0.5, 0.6) is 0 Å². The Labute approximate surface area is 89.1 Å². The van der Waals surface area contributed by atoms with Crippen molar-refractivity contribution in [1.29, 1.82) is 0 Å². The van der Waals surface area contributed by atoms with Crippen LogP contribution in [0.1, 0.15) is 11.6 Å². The zero-order chi connectivity index (χ0) is 10.8. The Balaban J connectivity index is 2.34. The van der Waals surface area contributed by atoms with E-state index in [1.165, 1.54) is 0 Å². The molecule has 0 fully saturated rings. The monoisotopic (exact) mass is 200 g/mol. The lowest BCUT2D eigenvalue weighted by Crippen LogP contribution is -2.32. The molecule has 1 atom stereocenters. The van der Waals surface area contributed by atoms with Crippen LogP contribution in [0.15, 0.2) is 24.3 Å². The molecule has 0 saturated heterocycles. The number of hydrogen-bond donors (Lipinski definition) is 1. The average Bonchev–Trinajstić information content (AvgIpc) is 2.51. The van der Waals surface area contributed by atoms with Crippen molar-refractivity contribution in [2.45, 2.75) is 6.04 Å². The van der Waals surface area contributed by atoms with Gasteiger partial charge in [-0.15, -0.1) is 6.42 Å². The Morgan fingerprint density at radius 1 is 1.53 bits per heavy atom. The lowest BCUT2D eigenvalue weighted by atomic mass is 10.1. The molecule has 1 heterocycles. The van der Waals surface area contributed by atoms with E-state index in [2.05, 4.69) is 11.2 Å². The Kier molecular flexibility index (Phi) is 2.44. The Morgan fingerprint density at radius 2 is 2.27 bits per heavy atom. The van der Waals surface area contributed by atoms with Gasteiger partial charge in [-0.05, 0) is 6.07 Å². The highest BCUT2D eigenvalue weighted by atomic mass is 16.2. The third-order valence-corrected chi connectivity index (χ3v) is 2.59. The van der Waals surface area contributed by atoms with E-state index in [-0.39, 0.29) is 11.9 Å². The van der Waals surface area contributed by atoms with Crippen LogP contribution < -0.4 is 10.2 Å². The second-order valence-electron chi connectivity index (χ2n) is 3.47. The third kappa shape index (κ3) is 1.49. The quantitative estimate of drug-likeness (QED) is 0.720. The van der Waals surface area contributed by atoms with E-state index in [0.29, 0.717) is 6.54 Å². The molecule has 2 rings (SSSR count). The number of carbonyl (C=O) groups is 1. The number of benzene rings is 1. The molecule has 15 heavy (non-hydrogen) atoms. The lowest BCUT2D eigenvalue weighted by molar-refractivity contribution is -0.119. The number of anilines is 1. The zero-order valence-corrected chi connectivity index (χ0v) is 8.53. The van der Waals surface area contributed by atoms with Gasteiger partial charge in [0.25, 0.3) is 0 Å². The number of amides is 1. The van der Waals surface area contributed by atoms with E-state index in [1.807, 2.05) is 24.3 Å². The third-order valence-electron chi connectivity index (χ3n) is 2.59. The highest BCUT2D eigenvalue weighted by Crippen LogP contribution is 2.33. The number of hydrogen-bond acceptors (Lipinski definition) is 2. The lowest BCUT2D eigenvalue weighted by Gasteiger charge is -2.10. The van der Waals surface area contributed by atoms with Crippen molar-refractivity contribution < 1.29 is 4.79 Å². The van der Waals surface area contributed by atoms with Gasteiger partial charge in [0, 0.05) is 18.3 Å². The molecule has 3 heteroatoms. The fourth-order valence-electron chi connectivity index (χ4n) is 1.84. The molecule has 0 bridgehead atoms. The van der Waals surface area contributed by atoms with Crippen molar-refractivity contribution in [3.8, 4) is 12.3 Å². The molecule has 76 valence electrons. The molecular formula is C12H12N2O. The number of nitrogens with one attached hydrogen (secondary N) is 1. The zero-order valence-electron chi connectivity index (χ0n) is 8.53. The van der Waals surface area contributed by atoms with Gasteiger partial charge in [0.05, 0.1) is 6.54 Å². The summed E-state index contributed by atoms with van der Waals surface area (Å²) in [6, 6.07) is 7.44. The summed E-state index contributed by atoms with van der Waals surface area (Å²) in [6.45, 7) is 0.401. The number of likely N-dealkylation sites (N-methyl/N-ethyl adjacent to an activating group) is 1. The van der Waals surface area contributed by atoms with Crippen LogP contribution in [0, 0.1) is 12.3 Å². The summed E-state index contributed by atoms with van der Waals surface area (Å²) in [5.74, 6) is 2.53. The molecule has 1 N–H and O–H groups in total. The first-order valence-electron chi connectivity index (χ1n) is 4.79. The standard InChI is InChI=1S/C12H12N2O/c1-3-8-13-11-9-6-4-5-7-10(9)14(2)12(11)15/h1,4-7,11,13H,8H2,2H3. The Hall–Kier alpha value is -1.79. The summed E-state index contributed by atoms with van der Waals surface area (Å²) in [5, 5.41) is 3.04. The van der Waals surface area contributed by atoms with Crippen LogP contribution in [0.25, 0.3) is 0 Å². The minimum Gasteiger partial charge on any atom is -0.313 e. The van der Waals surface area contributed by atoms with Gasteiger partial charge in [0.1, 0.15) is 6.04 Å². The van der Waals surface area contributed by atoms with E-state index in [4.69, 9.17) is 6.42 Å². The SMILES string of the molecule is C#CCNC1C(=O)N(C)c2ccccc21. The number of nitrogens with zero attached hydrogens (tertiary/aromatic N) is 1. The van der Waals surface area contributed by atoms with Gasteiger partial charge in [-0.25, -0.2) is 0 Å². The van der Waals surface area contributed by atoms with Gasteiger partial charge in [0.15, 0.2) is 0 Å². The second kappa shape index (κ2) is 3.76. The van der Waals surface area contributed by atoms with Gasteiger partial charge < -0.3 is 4.90 Å². The first kappa shape index (κ1) is 9.75. The maximum Gasteiger partial charge on any atom is 0.248 e. The number of carbonyl (C=O) groups excluding carboxylic acids is 1. The van der Waals surface area contributed by atoms with Crippen molar-refractivity contribution in [2.24, 2.45) is 0 Å². The highest BCUT2D eigenvalue weighted by molar-refractivity contribution is 6.04. The molecule has 0 aliphatic carbocycles. The molecule has 0 saturated carbocycles. The van der Waals surface area contributed by atoms with Crippen LogP contribution in [0.3, 0.4) is 0 Å². The molecule has 0 spiro atoms. The van der Waals surface area contributed by atoms with Crippen molar-refractivity contribution in [3.05, 3.63) is 29.8 Å². The average molecular weight is 200 g/mol. The number of fused-ring (bicyclic) bond motifs is 1. The Morgan fingerprint density at radius 3 is 3.00 bits per heavy atom. The first-order chi connectivity index (χ1) is 7.25. The first-order valence-corrected chi connectivity index (χ1v) is 4.79. The number of terminal acetylenes is 1. The van der Waals surface area contributed by atoms with Crippen molar-refractivity contribution in [1.82, 2.24) is 5.32 Å². The summed E-state index contributed by atoms with van der Waals surface area (Å²) in [5.41, 5.74) is 1.96. The van der Waals surface area contributed by atoms with E-state index >= 15 is 0 Å². The maximum absolute atomic E-state index is 11.9. The fourth-order valence-corrected chi connectivity index (χ4v) is 1.84. The normalized spacial score (nSPS) is 18.8. The molecule has 1 unspecified atom stereocenters. The summed E-state index contributed by atoms with van der Waals surface area (Å²) in [6.07, 6.45) is 5.17. The maximum atomic E-state index is 11.9. The summed E-state index contributed by atoms with van der Waals surface area (Å²) < 4.78 is 0. The van der Waals surface area contributed by atoms with Gasteiger partial charge in [-0.1, -0.05) is 24.1 Å². The van der Waals surface area contributed by atoms with E-state index in [1.54, 1.807) is 11.9 Å². The van der Waals surface area contributed by atoms with Crippen molar-refractivity contribution >= 4 is 11.6 Å². The largest absolute Gasteiger partial charge is 0.313 e. The van der Waals surface area contributed by atoms with Gasteiger partial charge in [-0.2, -0.15) is 0 Å². The summed E-state index contributed by atoms with van der Waals surface area (Å²) >= 11 is 0. The van der Waals surface area contributed by atoms with Crippen LogP contribution in [0.4, 0.5) is 5.69 Å². The molecule has 1 aromatic carbocycles. The van der Waals surface area contributed by atoms with Crippen LogP contribution in [-0.4, -0.2) is 19.5 Å². The molecule has 1 aromatic rings. The van der Waals surface area contributed by atoms with Gasteiger partial charge in [-0.3, -0.25) is 10.1 Å². The second-order valence-corrected chi connectivity index (χ2v) is 3.47. The summed E-state index contributed by atoms with van der Waals surface area (Å²) in [4.78, 5) is 13.5. The van der Waals surface area contributed by atoms with E-state index in [9.17, 15) is 4.79 Å². The van der Waals surface area contributed by atoms with Crippen LogP contribution in [-0.2, 0) is 4.79 Å². The van der Waals surface area contributed by atoms with E-state index in [0.717, 1.165) is 11.3 Å². The number of rotatable bonds is 2. The minimum atomic E-state index is -0.290. The molecule has 1 amide bonds. The molecule has 0 radical (unpaired) electrons. The fraction of sp³-hybridized carbons (Fsp3) is 0.250. The van der Waals surface area contributed by atoms with Crippen LogP contribution >= 0.6 is 0 Å². The van der Waals surface area contributed by atoms with Crippen molar-refractivity contribution in [2.75, 3.05) is 18.5 Å². The van der Waals surface area contributed by atoms with Crippen LogP contribution in [0.2, 0.25) is 0 Å². The smallest absolute Gasteiger partial charge is 0.248 e. The number of para-hydroxylation sites is 1. The molecule has 1 aliphatic rings. The summed E-state index contributed by atoms with van der Waals surface area (Å²) in [7, 11) is 1.78. The van der Waals surface area contributed by atoms with E-state index < -0.39 is 0 Å². The molecule has 0 aromatic heterocycles. The molecular weight excluding hydrogens is 188 g/mol. The molecule has 3 nitrogen and oxygen atoms in total. The predicted octanol–water partition coefficient (Wildman–Crippen LogP) is 0.927. The van der Waals surface area contributed by atoms with Gasteiger partial charge in [0.2, 0.25) is 5.91 Å². The topological polar surface area (TPSA) is 32.3 Å². The predicted molar refractivity (Wildman–Crippen MR) is 59.4 cm³/mol. The highest BCUT2D eigenvalue weighted by Gasteiger charge is 2.33. The minimum absolute atomic E-state index is 0.0476. The van der Waals surface area contributed by atoms with Gasteiger partial charge >= 0.3 is 0 Å². The Bertz CT molecular complexity index is 433. The van der Waals surface area contributed by atoms with Crippen molar-refractivity contribution in [3.63, 3.8) is 0 Å². The molecule has 1 aliphatic heterocycles.